The SMILES string of the molecule is CC[C@H]1CC[C@H](C(=O)Oc2ccc(C(F)(F)F)nc2)CC1. The number of alkyl halides is 3. The molecule has 0 saturated heterocycles. The van der Waals surface area contributed by atoms with Crippen LogP contribution >= 0.6 is 0 Å². The molecule has 3 nitrogen and oxygen atoms in total. The molecule has 0 N–H and O–H groups in total. The van der Waals surface area contributed by atoms with Gasteiger partial charge in [-0.15, -0.1) is 0 Å². The van der Waals surface area contributed by atoms with E-state index in [0.717, 1.165) is 50.4 Å². The molecule has 21 heavy (non-hydrogen) atoms. The largest absolute Gasteiger partial charge is 0.433 e. The fourth-order valence-electron chi connectivity index (χ4n) is 2.61. The molecule has 1 aliphatic rings. The maximum Gasteiger partial charge on any atom is 0.433 e. The van der Waals surface area contributed by atoms with Gasteiger partial charge in [-0.05, 0) is 43.7 Å². The molecular weight excluding hydrogens is 283 g/mol. The lowest BCUT2D eigenvalue weighted by Crippen LogP contribution is -2.25. The van der Waals surface area contributed by atoms with E-state index in [1.807, 2.05) is 0 Å². The van der Waals surface area contributed by atoms with Crippen LogP contribution in [0, 0.1) is 11.8 Å². The first-order valence-electron chi connectivity index (χ1n) is 7.15. The number of hydrogen-bond donors (Lipinski definition) is 0. The third kappa shape index (κ3) is 4.19. The summed E-state index contributed by atoms with van der Waals surface area (Å²) in [5.74, 6) is 0.202. The number of esters is 1. The third-order valence-electron chi connectivity index (χ3n) is 4.00. The van der Waals surface area contributed by atoms with E-state index in [9.17, 15) is 18.0 Å². The van der Waals surface area contributed by atoms with Gasteiger partial charge in [-0.3, -0.25) is 4.79 Å². The normalized spacial score (nSPS) is 22.9. The zero-order valence-corrected chi connectivity index (χ0v) is 11.8. The summed E-state index contributed by atoms with van der Waals surface area (Å²) in [6.07, 6.45) is 1.14. The standard InChI is InChI=1S/C15H18F3NO2/c1-2-10-3-5-11(6-4-10)14(20)21-12-7-8-13(19-9-12)15(16,17)18/h7-11H,2-6H2,1H3/t10-,11-. The lowest BCUT2D eigenvalue weighted by molar-refractivity contribution is -0.141. The van der Waals surface area contributed by atoms with Crippen LogP contribution in [0.15, 0.2) is 18.3 Å². The van der Waals surface area contributed by atoms with Crippen LogP contribution in [-0.2, 0) is 11.0 Å². The summed E-state index contributed by atoms with van der Waals surface area (Å²) < 4.78 is 42.2. The molecule has 1 saturated carbocycles. The highest BCUT2D eigenvalue weighted by Crippen LogP contribution is 2.32. The third-order valence-corrected chi connectivity index (χ3v) is 4.00. The smallest absolute Gasteiger partial charge is 0.425 e. The summed E-state index contributed by atoms with van der Waals surface area (Å²) in [6.45, 7) is 2.14. The van der Waals surface area contributed by atoms with E-state index in [1.165, 1.54) is 0 Å². The summed E-state index contributed by atoms with van der Waals surface area (Å²) in [6, 6.07) is 1.95. The van der Waals surface area contributed by atoms with Gasteiger partial charge in [0.25, 0.3) is 0 Å². The van der Waals surface area contributed by atoms with E-state index < -0.39 is 11.9 Å². The predicted octanol–water partition coefficient (Wildman–Crippen LogP) is 4.22. The van der Waals surface area contributed by atoms with Gasteiger partial charge in [0.2, 0.25) is 0 Å². The maximum absolute atomic E-state index is 12.4. The van der Waals surface area contributed by atoms with Gasteiger partial charge in [-0.25, -0.2) is 4.98 Å². The molecule has 0 spiro atoms. The van der Waals surface area contributed by atoms with E-state index in [2.05, 4.69) is 11.9 Å². The summed E-state index contributed by atoms with van der Waals surface area (Å²) in [5.41, 5.74) is -0.995. The highest BCUT2D eigenvalue weighted by Gasteiger charge is 2.32. The minimum atomic E-state index is -4.49. The van der Waals surface area contributed by atoms with Gasteiger partial charge in [0.15, 0.2) is 0 Å². The van der Waals surface area contributed by atoms with Crippen molar-refractivity contribution in [2.45, 2.75) is 45.2 Å². The van der Waals surface area contributed by atoms with Gasteiger partial charge in [0.1, 0.15) is 11.4 Å². The average molecular weight is 301 g/mol. The highest BCUT2D eigenvalue weighted by atomic mass is 19.4. The Morgan fingerprint density at radius 3 is 2.43 bits per heavy atom. The molecule has 2 rings (SSSR count). The Morgan fingerprint density at radius 1 is 1.29 bits per heavy atom. The quantitative estimate of drug-likeness (QED) is 0.785. The first-order chi connectivity index (χ1) is 9.90. The molecule has 1 heterocycles. The zero-order valence-electron chi connectivity index (χ0n) is 11.8. The predicted molar refractivity (Wildman–Crippen MR) is 70.6 cm³/mol. The molecule has 6 heteroatoms. The van der Waals surface area contributed by atoms with Crippen molar-refractivity contribution in [1.29, 1.82) is 0 Å². The number of carbonyl (C=O) groups is 1. The number of carbonyl (C=O) groups excluding carboxylic acids is 1. The van der Waals surface area contributed by atoms with Gasteiger partial charge in [0, 0.05) is 0 Å². The molecular formula is C15H18F3NO2. The Kier molecular flexibility index (Phi) is 4.85. The molecule has 0 atom stereocenters. The van der Waals surface area contributed by atoms with E-state index >= 15 is 0 Å². The molecule has 116 valence electrons. The molecule has 1 aromatic heterocycles. The van der Waals surface area contributed by atoms with E-state index in [4.69, 9.17) is 4.74 Å². The van der Waals surface area contributed by atoms with Gasteiger partial charge in [0.05, 0.1) is 12.1 Å². The Balaban J connectivity index is 1.91. The zero-order chi connectivity index (χ0) is 15.5. The number of hydrogen-bond acceptors (Lipinski definition) is 3. The van der Waals surface area contributed by atoms with Crippen molar-refractivity contribution in [2.75, 3.05) is 0 Å². The Labute approximate surface area is 121 Å². The van der Waals surface area contributed by atoms with Gasteiger partial charge in [-0.1, -0.05) is 13.3 Å². The van der Waals surface area contributed by atoms with Gasteiger partial charge < -0.3 is 4.74 Å². The van der Waals surface area contributed by atoms with Crippen LogP contribution in [0.5, 0.6) is 5.75 Å². The summed E-state index contributed by atoms with van der Waals surface area (Å²) in [7, 11) is 0. The molecule has 0 radical (unpaired) electrons. The van der Waals surface area contributed by atoms with Crippen molar-refractivity contribution in [1.82, 2.24) is 4.98 Å². The summed E-state index contributed by atoms with van der Waals surface area (Å²) >= 11 is 0. The Hall–Kier alpha value is -1.59. The number of rotatable bonds is 3. The molecule has 0 aliphatic heterocycles. The molecule has 1 aromatic rings. The molecule has 0 aromatic carbocycles. The van der Waals surface area contributed by atoms with E-state index in [1.54, 1.807) is 0 Å². The van der Waals surface area contributed by atoms with Crippen LogP contribution in [-0.4, -0.2) is 11.0 Å². The Bertz CT molecular complexity index is 477. The molecule has 0 amide bonds. The summed E-state index contributed by atoms with van der Waals surface area (Å²) in [5, 5.41) is 0. The van der Waals surface area contributed by atoms with Gasteiger partial charge in [-0.2, -0.15) is 13.2 Å². The molecule has 0 bridgehead atoms. The topological polar surface area (TPSA) is 39.2 Å². The minimum Gasteiger partial charge on any atom is -0.425 e. The van der Waals surface area contributed by atoms with Crippen molar-refractivity contribution >= 4 is 5.97 Å². The van der Waals surface area contributed by atoms with Crippen molar-refractivity contribution in [2.24, 2.45) is 11.8 Å². The second-order valence-electron chi connectivity index (χ2n) is 5.42. The van der Waals surface area contributed by atoms with Crippen molar-refractivity contribution in [3.8, 4) is 5.75 Å². The first kappa shape index (κ1) is 15.8. The minimum absolute atomic E-state index is 0.0608. The maximum atomic E-state index is 12.4. The van der Waals surface area contributed by atoms with E-state index in [-0.39, 0.29) is 17.6 Å². The molecule has 1 aliphatic carbocycles. The van der Waals surface area contributed by atoms with Crippen LogP contribution in [0.1, 0.15) is 44.7 Å². The fraction of sp³-hybridized carbons (Fsp3) is 0.600. The van der Waals surface area contributed by atoms with Crippen LogP contribution in [0.3, 0.4) is 0 Å². The summed E-state index contributed by atoms with van der Waals surface area (Å²) in [4.78, 5) is 15.2. The highest BCUT2D eigenvalue weighted by molar-refractivity contribution is 5.75. The fourth-order valence-corrected chi connectivity index (χ4v) is 2.61. The molecule has 0 unspecified atom stereocenters. The van der Waals surface area contributed by atoms with Crippen molar-refractivity contribution in [3.05, 3.63) is 24.0 Å². The lowest BCUT2D eigenvalue weighted by atomic mass is 9.81. The number of pyridine rings is 1. The van der Waals surface area contributed by atoms with Crippen LogP contribution in [0.4, 0.5) is 13.2 Å². The monoisotopic (exact) mass is 301 g/mol. The van der Waals surface area contributed by atoms with Gasteiger partial charge >= 0.3 is 12.1 Å². The number of nitrogens with zero attached hydrogens (tertiary/aromatic N) is 1. The van der Waals surface area contributed by atoms with Crippen molar-refractivity contribution in [3.63, 3.8) is 0 Å². The van der Waals surface area contributed by atoms with E-state index in [0.29, 0.717) is 5.92 Å². The number of ether oxygens (including phenoxy) is 1. The van der Waals surface area contributed by atoms with Crippen molar-refractivity contribution < 1.29 is 22.7 Å². The first-order valence-corrected chi connectivity index (χ1v) is 7.15. The molecule has 1 fully saturated rings. The lowest BCUT2D eigenvalue weighted by Gasteiger charge is -2.26. The van der Waals surface area contributed by atoms with Crippen LogP contribution in [0.2, 0.25) is 0 Å². The average Bonchev–Trinajstić information content (AvgIpc) is 2.47. The number of halogens is 3. The second-order valence-corrected chi connectivity index (χ2v) is 5.42. The second kappa shape index (κ2) is 6.45. The van der Waals surface area contributed by atoms with Crippen LogP contribution < -0.4 is 4.74 Å². The Morgan fingerprint density at radius 2 is 1.95 bits per heavy atom. The number of aromatic nitrogens is 1. The van der Waals surface area contributed by atoms with Crippen LogP contribution in [0.25, 0.3) is 0 Å².